The average molecular weight is 244 g/mol. The van der Waals surface area contributed by atoms with E-state index in [0.29, 0.717) is 5.92 Å². The molecule has 18 heavy (non-hydrogen) atoms. The molecule has 2 unspecified atom stereocenters. The first-order valence-corrected chi connectivity index (χ1v) is 6.70. The molecule has 98 valence electrons. The third kappa shape index (κ3) is 2.12. The smallest absolute Gasteiger partial charge is 0.0649 e. The molecule has 1 heteroatoms. The minimum absolute atomic E-state index is 0.176. The molecule has 2 rings (SSSR count). The summed E-state index contributed by atoms with van der Waals surface area (Å²) in [5, 5.41) is 0. The third-order valence-corrected chi connectivity index (χ3v) is 3.97. The second kappa shape index (κ2) is 4.55. The summed E-state index contributed by atoms with van der Waals surface area (Å²) >= 11 is 0. The Morgan fingerprint density at radius 3 is 2.44 bits per heavy atom. The summed E-state index contributed by atoms with van der Waals surface area (Å²) in [6.07, 6.45) is 2.54. The summed E-state index contributed by atoms with van der Waals surface area (Å²) in [4.78, 5) is 0. The van der Waals surface area contributed by atoms with E-state index in [1.54, 1.807) is 7.11 Å². The SMILES string of the molecule is COC(C)C1C(C)=Cc2cccc(C(C)(C)C)c21. The fourth-order valence-corrected chi connectivity index (χ4v) is 3.01. The highest BCUT2D eigenvalue weighted by atomic mass is 16.5. The number of benzene rings is 1. The summed E-state index contributed by atoms with van der Waals surface area (Å²) in [5.41, 5.74) is 5.87. The Bertz CT molecular complexity index is 477. The van der Waals surface area contributed by atoms with E-state index in [-0.39, 0.29) is 11.5 Å². The van der Waals surface area contributed by atoms with Gasteiger partial charge < -0.3 is 4.74 Å². The number of hydrogen-bond acceptors (Lipinski definition) is 1. The van der Waals surface area contributed by atoms with Crippen molar-refractivity contribution in [3.05, 3.63) is 40.5 Å². The lowest BCUT2D eigenvalue weighted by molar-refractivity contribution is 0.104. The molecule has 0 aliphatic heterocycles. The van der Waals surface area contributed by atoms with Gasteiger partial charge in [0.25, 0.3) is 0 Å². The molecule has 0 N–H and O–H groups in total. The van der Waals surface area contributed by atoms with Crippen LogP contribution >= 0.6 is 0 Å². The van der Waals surface area contributed by atoms with Crippen LogP contribution in [0.4, 0.5) is 0 Å². The Kier molecular flexibility index (Phi) is 3.37. The van der Waals surface area contributed by atoms with Crippen LogP contribution in [0.3, 0.4) is 0 Å². The van der Waals surface area contributed by atoms with E-state index in [1.165, 1.54) is 22.3 Å². The lowest BCUT2D eigenvalue weighted by Crippen LogP contribution is -2.22. The van der Waals surface area contributed by atoms with Gasteiger partial charge >= 0.3 is 0 Å². The average Bonchev–Trinajstić information content (AvgIpc) is 2.62. The molecule has 1 aliphatic rings. The van der Waals surface area contributed by atoms with Crippen molar-refractivity contribution in [3.8, 4) is 0 Å². The Balaban J connectivity index is 2.58. The Hall–Kier alpha value is -1.08. The van der Waals surface area contributed by atoms with E-state index in [1.807, 2.05) is 0 Å². The van der Waals surface area contributed by atoms with Gasteiger partial charge in [-0.2, -0.15) is 0 Å². The fourth-order valence-electron chi connectivity index (χ4n) is 3.01. The van der Waals surface area contributed by atoms with Crippen molar-refractivity contribution in [2.45, 2.75) is 52.1 Å². The van der Waals surface area contributed by atoms with E-state index < -0.39 is 0 Å². The van der Waals surface area contributed by atoms with E-state index in [2.05, 4.69) is 58.9 Å². The topological polar surface area (TPSA) is 9.23 Å². The molecule has 1 aliphatic carbocycles. The van der Waals surface area contributed by atoms with Gasteiger partial charge in [-0.25, -0.2) is 0 Å². The van der Waals surface area contributed by atoms with Crippen LogP contribution in [0.2, 0.25) is 0 Å². The first kappa shape index (κ1) is 13.4. The van der Waals surface area contributed by atoms with Crippen LogP contribution in [0.5, 0.6) is 0 Å². The van der Waals surface area contributed by atoms with Crippen LogP contribution in [0.1, 0.15) is 57.2 Å². The maximum atomic E-state index is 5.59. The lowest BCUT2D eigenvalue weighted by Gasteiger charge is -2.29. The summed E-state index contributed by atoms with van der Waals surface area (Å²) in [6.45, 7) is 11.2. The van der Waals surface area contributed by atoms with Gasteiger partial charge in [-0.3, -0.25) is 0 Å². The van der Waals surface area contributed by atoms with E-state index in [4.69, 9.17) is 4.74 Å². The van der Waals surface area contributed by atoms with Gasteiger partial charge in [-0.05, 0) is 36.0 Å². The van der Waals surface area contributed by atoms with Crippen molar-refractivity contribution in [1.29, 1.82) is 0 Å². The molecular formula is C17H24O. The largest absolute Gasteiger partial charge is 0.381 e. The molecule has 0 radical (unpaired) electrons. The predicted molar refractivity (Wildman–Crippen MR) is 78.0 cm³/mol. The molecule has 1 nitrogen and oxygen atoms in total. The molecule has 0 aromatic heterocycles. The van der Waals surface area contributed by atoms with Gasteiger partial charge in [0.2, 0.25) is 0 Å². The van der Waals surface area contributed by atoms with E-state index in [9.17, 15) is 0 Å². The van der Waals surface area contributed by atoms with Crippen LogP contribution < -0.4 is 0 Å². The zero-order valence-corrected chi connectivity index (χ0v) is 12.4. The Morgan fingerprint density at radius 2 is 1.89 bits per heavy atom. The number of fused-ring (bicyclic) bond motifs is 1. The quantitative estimate of drug-likeness (QED) is 0.743. The summed E-state index contributed by atoms with van der Waals surface area (Å²) in [5.74, 6) is 0.403. The van der Waals surface area contributed by atoms with E-state index >= 15 is 0 Å². The number of ether oxygens (including phenoxy) is 1. The van der Waals surface area contributed by atoms with Gasteiger partial charge in [0.15, 0.2) is 0 Å². The van der Waals surface area contributed by atoms with Crippen molar-refractivity contribution in [2.24, 2.45) is 0 Å². The maximum absolute atomic E-state index is 5.59. The summed E-state index contributed by atoms with van der Waals surface area (Å²) in [7, 11) is 1.80. The molecule has 0 bridgehead atoms. The minimum Gasteiger partial charge on any atom is -0.381 e. The van der Waals surface area contributed by atoms with Crippen molar-refractivity contribution >= 4 is 6.08 Å². The van der Waals surface area contributed by atoms with Crippen molar-refractivity contribution in [3.63, 3.8) is 0 Å². The molecule has 0 saturated carbocycles. The molecular weight excluding hydrogens is 220 g/mol. The van der Waals surface area contributed by atoms with Gasteiger partial charge in [0.1, 0.15) is 0 Å². The third-order valence-electron chi connectivity index (χ3n) is 3.97. The van der Waals surface area contributed by atoms with Crippen LogP contribution in [-0.4, -0.2) is 13.2 Å². The second-order valence-electron chi connectivity index (χ2n) is 6.37. The van der Waals surface area contributed by atoms with Crippen molar-refractivity contribution in [2.75, 3.05) is 7.11 Å². The molecule has 0 saturated heterocycles. The zero-order chi connectivity index (χ0) is 13.5. The number of methoxy groups -OCH3 is 1. The van der Waals surface area contributed by atoms with Crippen molar-refractivity contribution in [1.82, 2.24) is 0 Å². The van der Waals surface area contributed by atoms with Gasteiger partial charge in [-0.1, -0.05) is 50.6 Å². The molecule has 1 aromatic rings. The highest BCUT2D eigenvalue weighted by molar-refractivity contribution is 5.69. The minimum atomic E-state index is 0.176. The normalized spacial score (nSPS) is 20.6. The molecule has 0 amide bonds. The molecule has 0 heterocycles. The number of hydrogen-bond donors (Lipinski definition) is 0. The maximum Gasteiger partial charge on any atom is 0.0649 e. The van der Waals surface area contributed by atoms with Crippen LogP contribution in [0.15, 0.2) is 23.8 Å². The number of rotatable bonds is 2. The predicted octanol–water partition coefficient (Wildman–Crippen LogP) is 4.52. The lowest BCUT2D eigenvalue weighted by atomic mass is 9.78. The highest BCUT2D eigenvalue weighted by Crippen LogP contribution is 2.44. The van der Waals surface area contributed by atoms with Crippen LogP contribution in [-0.2, 0) is 10.2 Å². The van der Waals surface area contributed by atoms with Crippen LogP contribution in [0, 0.1) is 0 Å². The van der Waals surface area contributed by atoms with Gasteiger partial charge in [0.05, 0.1) is 6.10 Å². The Labute approximate surface area is 111 Å². The Morgan fingerprint density at radius 1 is 1.22 bits per heavy atom. The first-order chi connectivity index (χ1) is 8.36. The monoisotopic (exact) mass is 244 g/mol. The molecule has 2 atom stereocenters. The van der Waals surface area contributed by atoms with Crippen molar-refractivity contribution < 1.29 is 4.74 Å². The standard InChI is InChI=1S/C17H24O/c1-11-10-13-8-7-9-14(17(3,4)5)16(13)15(11)12(2)18-6/h7-10,12,15H,1-6H3. The zero-order valence-electron chi connectivity index (χ0n) is 12.4. The molecule has 0 spiro atoms. The summed E-state index contributed by atoms with van der Waals surface area (Å²) < 4.78 is 5.59. The second-order valence-corrected chi connectivity index (χ2v) is 6.37. The van der Waals surface area contributed by atoms with E-state index in [0.717, 1.165) is 0 Å². The van der Waals surface area contributed by atoms with Crippen LogP contribution in [0.25, 0.3) is 6.08 Å². The first-order valence-electron chi connectivity index (χ1n) is 6.70. The molecule has 1 aromatic carbocycles. The fraction of sp³-hybridized carbons (Fsp3) is 0.529. The van der Waals surface area contributed by atoms with Gasteiger partial charge in [0, 0.05) is 13.0 Å². The molecule has 0 fully saturated rings. The summed E-state index contributed by atoms with van der Waals surface area (Å²) in [6, 6.07) is 6.65. The van der Waals surface area contributed by atoms with Gasteiger partial charge in [-0.15, -0.1) is 0 Å². The highest BCUT2D eigenvalue weighted by Gasteiger charge is 2.32.